The Morgan fingerprint density at radius 2 is 2.09 bits per heavy atom. The van der Waals surface area contributed by atoms with E-state index in [4.69, 9.17) is 16.3 Å². The third-order valence-electron chi connectivity index (χ3n) is 5.92. The van der Waals surface area contributed by atoms with Gasteiger partial charge in [0.1, 0.15) is 18.2 Å². The Hall–Kier alpha value is -3.07. The maximum Gasteiger partial charge on any atom is 0.222 e. The van der Waals surface area contributed by atoms with Gasteiger partial charge in [-0.2, -0.15) is 0 Å². The van der Waals surface area contributed by atoms with Gasteiger partial charge in [0.05, 0.1) is 11.5 Å². The minimum atomic E-state index is -0.278. The lowest BCUT2D eigenvalue weighted by Crippen LogP contribution is -2.20. The lowest BCUT2D eigenvalue weighted by molar-refractivity contribution is -0.114. The van der Waals surface area contributed by atoms with Crippen molar-refractivity contribution in [3.8, 4) is 21.1 Å². The molecule has 1 aliphatic rings. The van der Waals surface area contributed by atoms with E-state index in [0.717, 1.165) is 26.4 Å². The van der Waals surface area contributed by atoms with Crippen molar-refractivity contribution < 1.29 is 9.53 Å². The number of benzene rings is 1. The van der Waals surface area contributed by atoms with Crippen molar-refractivity contribution >= 4 is 34.7 Å². The topological polar surface area (TPSA) is 92.8 Å². The summed E-state index contributed by atoms with van der Waals surface area (Å²) in [7, 11) is 0. The number of aromatic nitrogens is 4. The number of anilines is 1. The number of nitrogens with one attached hydrogen (secondary N) is 2. The van der Waals surface area contributed by atoms with E-state index in [-0.39, 0.29) is 12.0 Å². The Morgan fingerprint density at radius 1 is 1.26 bits per heavy atom. The van der Waals surface area contributed by atoms with Crippen molar-refractivity contribution in [3.63, 3.8) is 0 Å². The number of halogens is 1. The van der Waals surface area contributed by atoms with Crippen LogP contribution in [0.4, 0.5) is 5.82 Å². The number of hydrogen-bond acceptors (Lipinski definition) is 6. The molecule has 2 N–H and O–H groups in total. The van der Waals surface area contributed by atoms with Crippen LogP contribution in [-0.4, -0.2) is 32.7 Å². The fraction of sp³-hybridized carbons (Fsp3) is 0.280. The second-order valence-corrected chi connectivity index (χ2v) is 9.89. The zero-order chi connectivity index (χ0) is 23.5. The summed E-state index contributed by atoms with van der Waals surface area (Å²) in [5, 5.41) is 11.7. The summed E-state index contributed by atoms with van der Waals surface area (Å²) in [6.07, 6.45) is 6.67. The monoisotopic (exact) mass is 493 g/mol. The molecular weight excluding hydrogens is 470 g/mol. The average molecular weight is 494 g/mol. The number of hydrogen-bond donors (Lipinski definition) is 2. The first kappa shape index (κ1) is 22.7. The Bertz CT molecular complexity index is 1270. The SMILES string of the molecule is CC(=O)Nc1cc(-c2cc(C(OCC3CCC3)c3ccc(Cl)cc3)c(-c3nnc[nH]3)s2)ccn1. The van der Waals surface area contributed by atoms with E-state index in [2.05, 4.69) is 31.5 Å². The largest absolute Gasteiger partial charge is 0.368 e. The average Bonchev–Trinajstić information content (AvgIpc) is 3.46. The molecule has 174 valence electrons. The van der Waals surface area contributed by atoms with Crippen LogP contribution < -0.4 is 5.32 Å². The van der Waals surface area contributed by atoms with E-state index in [1.54, 1.807) is 23.9 Å². The standard InChI is InChI=1S/C25H24ClN5O2S/c1-15(32)30-22-11-18(9-10-27-22)21-12-20(24(34-21)25-28-14-29-31-25)23(33-13-16-3-2-4-16)17-5-7-19(26)8-6-17/h5-12,14,16,23H,2-4,13H2,1H3,(H,27,30,32)(H,28,29,31). The molecule has 34 heavy (non-hydrogen) atoms. The van der Waals surface area contributed by atoms with Gasteiger partial charge in [0, 0.05) is 28.6 Å². The van der Waals surface area contributed by atoms with E-state index in [1.165, 1.54) is 26.2 Å². The first-order valence-electron chi connectivity index (χ1n) is 11.2. The summed E-state index contributed by atoms with van der Waals surface area (Å²) in [5.41, 5.74) is 2.99. The van der Waals surface area contributed by atoms with Crippen LogP contribution in [0.5, 0.6) is 0 Å². The summed E-state index contributed by atoms with van der Waals surface area (Å²) < 4.78 is 6.55. The van der Waals surface area contributed by atoms with Crippen molar-refractivity contribution in [2.45, 2.75) is 32.3 Å². The minimum Gasteiger partial charge on any atom is -0.368 e. The smallest absolute Gasteiger partial charge is 0.222 e. The highest BCUT2D eigenvalue weighted by atomic mass is 35.5. The first-order valence-corrected chi connectivity index (χ1v) is 12.4. The van der Waals surface area contributed by atoms with E-state index < -0.39 is 0 Å². The molecule has 0 saturated heterocycles. The number of carbonyl (C=O) groups is 1. The zero-order valence-electron chi connectivity index (χ0n) is 18.6. The van der Waals surface area contributed by atoms with Crippen molar-refractivity contribution in [2.24, 2.45) is 5.92 Å². The predicted octanol–water partition coefficient (Wildman–Crippen LogP) is 6.11. The van der Waals surface area contributed by atoms with E-state index in [1.807, 2.05) is 36.4 Å². The van der Waals surface area contributed by atoms with Crippen LogP contribution in [0.15, 0.2) is 55.0 Å². The summed E-state index contributed by atoms with van der Waals surface area (Å²) in [6, 6.07) is 13.7. The molecule has 0 spiro atoms. The molecule has 3 aromatic heterocycles. The van der Waals surface area contributed by atoms with Gasteiger partial charge in [0.25, 0.3) is 0 Å². The fourth-order valence-corrected chi connectivity index (χ4v) is 5.23. The molecule has 0 radical (unpaired) electrons. The Morgan fingerprint density at radius 3 is 2.76 bits per heavy atom. The van der Waals surface area contributed by atoms with E-state index >= 15 is 0 Å². The zero-order valence-corrected chi connectivity index (χ0v) is 20.2. The quantitative estimate of drug-likeness (QED) is 0.309. The van der Waals surface area contributed by atoms with Gasteiger partial charge in [-0.25, -0.2) is 4.98 Å². The molecule has 1 unspecified atom stereocenters. The number of rotatable bonds is 8. The lowest BCUT2D eigenvalue weighted by Gasteiger charge is -2.28. The van der Waals surface area contributed by atoms with Gasteiger partial charge in [0.15, 0.2) is 5.82 Å². The van der Waals surface area contributed by atoms with Crippen LogP contribution in [-0.2, 0) is 9.53 Å². The fourth-order valence-electron chi connectivity index (χ4n) is 3.97. The molecule has 9 heteroatoms. The lowest BCUT2D eigenvalue weighted by atomic mass is 9.86. The van der Waals surface area contributed by atoms with Crippen LogP contribution >= 0.6 is 22.9 Å². The number of pyridine rings is 1. The van der Waals surface area contributed by atoms with Crippen molar-refractivity contribution in [2.75, 3.05) is 11.9 Å². The van der Waals surface area contributed by atoms with E-state index in [9.17, 15) is 4.79 Å². The summed E-state index contributed by atoms with van der Waals surface area (Å²) in [5.74, 6) is 1.64. The molecule has 1 aromatic carbocycles. The normalized spacial score (nSPS) is 14.5. The van der Waals surface area contributed by atoms with Crippen LogP contribution in [0.3, 0.4) is 0 Å². The van der Waals surface area contributed by atoms with Gasteiger partial charge < -0.3 is 15.0 Å². The minimum absolute atomic E-state index is 0.161. The second-order valence-electron chi connectivity index (χ2n) is 8.41. The number of H-pyrrole nitrogens is 1. The van der Waals surface area contributed by atoms with Crippen LogP contribution in [0, 0.1) is 5.92 Å². The van der Waals surface area contributed by atoms with Crippen molar-refractivity contribution in [1.82, 2.24) is 20.2 Å². The molecule has 0 bridgehead atoms. The number of nitrogens with zero attached hydrogens (tertiary/aromatic N) is 3. The van der Waals surface area contributed by atoms with Gasteiger partial charge in [-0.1, -0.05) is 30.2 Å². The van der Waals surface area contributed by atoms with Gasteiger partial charge in [-0.15, -0.1) is 21.5 Å². The summed E-state index contributed by atoms with van der Waals surface area (Å²) in [4.78, 5) is 20.9. The predicted molar refractivity (Wildman–Crippen MR) is 134 cm³/mol. The highest BCUT2D eigenvalue weighted by Crippen LogP contribution is 2.43. The molecule has 1 fully saturated rings. The highest BCUT2D eigenvalue weighted by molar-refractivity contribution is 7.19. The Balaban J connectivity index is 1.58. The van der Waals surface area contributed by atoms with Crippen LogP contribution in [0.1, 0.15) is 43.4 Å². The molecule has 1 amide bonds. The van der Waals surface area contributed by atoms with Gasteiger partial charge in [-0.3, -0.25) is 4.79 Å². The van der Waals surface area contributed by atoms with Crippen LogP contribution in [0.25, 0.3) is 21.1 Å². The van der Waals surface area contributed by atoms with E-state index in [0.29, 0.717) is 29.2 Å². The number of amides is 1. The summed E-state index contributed by atoms with van der Waals surface area (Å²) >= 11 is 7.77. The number of aromatic amines is 1. The number of ether oxygens (including phenoxy) is 1. The summed E-state index contributed by atoms with van der Waals surface area (Å²) in [6.45, 7) is 2.17. The molecule has 1 saturated carbocycles. The van der Waals surface area contributed by atoms with Gasteiger partial charge >= 0.3 is 0 Å². The molecule has 7 nitrogen and oxygen atoms in total. The molecule has 1 atom stereocenters. The van der Waals surface area contributed by atoms with Crippen molar-refractivity contribution in [1.29, 1.82) is 0 Å². The van der Waals surface area contributed by atoms with Crippen LogP contribution in [0.2, 0.25) is 5.02 Å². The first-order chi connectivity index (χ1) is 16.6. The molecular formula is C25H24ClN5O2S. The highest BCUT2D eigenvalue weighted by Gasteiger charge is 2.27. The molecule has 5 rings (SSSR count). The number of carbonyl (C=O) groups excluding carboxylic acids is 1. The van der Waals surface area contributed by atoms with Crippen molar-refractivity contribution in [3.05, 3.63) is 71.1 Å². The Labute approximate surface area is 206 Å². The van der Waals surface area contributed by atoms with Gasteiger partial charge in [-0.05, 0) is 60.2 Å². The second kappa shape index (κ2) is 10.0. The third-order valence-corrected chi connectivity index (χ3v) is 7.38. The molecule has 0 aliphatic heterocycles. The molecule has 4 aromatic rings. The third kappa shape index (κ3) is 5.04. The maximum atomic E-state index is 11.5. The Kier molecular flexibility index (Phi) is 6.71. The van der Waals surface area contributed by atoms with Gasteiger partial charge in [0.2, 0.25) is 5.91 Å². The molecule has 3 heterocycles. The number of thiophene rings is 1. The maximum absolute atomic E-state index is 11.5. The molecule has 1 aliphatic carbocycles.